The third-order valence-electron chi connectivity index (χ3n) is 4.55. The molecular formula is C21H25FN2. The number of halogens is 1. The standard InChI is InChI=1S/C21H25FN2/c1-15(2)24-14-18(10-11-23)21-17(12-19(22)13-20(21)24)9-8-16-6-4-3-5-7-16/h3-7,12-15H,8-11,23H2,1-2H3. The number of rotatable bonds is 6. The Morgan fingerprint density at radius 2 is 1.75 bits per heavy atom. The van der Waals surface area contributed by atoms with Crippen LogP contribution in [0.2, 0.25) is 0 Å². The minimum atomic E-state index is -0.162. The van der Waals surface area contributed by atoms with Gasteiger partial charge >= 0.3 is 0 Å². The molecule has 0 spiro atoms. The van der Waals surface area contributed by atoms with Crippen LogP contribution in [0.4, 0.5) is 4.39 Å². The summed E-state index contributed by atoms with van der Waals surface area (Å²) in [7, 11) is 0. The molecule has 0 aliphatic rings. The van der Waals surface area contributed by atoms with E-state index in [2.05, 4.69) is 36.7 Å². The Balaban J connectivity index is 2.05. The number of hydrogen-bond donors (Lipinski definition) is 1. The first kappa shape index (κ1) is 16.7. The first-order valence-corrected chi connectivity index (χ1v) is 8.66. The van der Waals surface area contributed by atoms with Crippen LogP contribution in [0.25, 0.3) is 10.9 Å². The average molecular weight is 324 g/mol. The summed E-state index contributed by atoms with van der Waals surface area (Å²) in [5, 5.41) is 1.19. The SMILES string of the molecule is CC(C)n1cc(CCN)c2c(CCc3ccccc3)cc(F)cc21. The van der Waals surface area contributed by atoms with Crippen molar-refractivity contribution in [3.63, 3.8) is 0 Å². The predicted octanol–water partition coefficient (Wildman–Crippen LogP) is 4.65. The molecule has 0 saturated carbocycles. The molecule has 3 heteroatoms. The van der Waals surface area contributed by atoms with Crippen LogP contribution in [-0.4, -0.2) is 11.1 Å². The third-order valence-corrected chi connectivity index (χ3v) is 4.55. The lowest BCUT2D eigenvalue weighted by Crippen LogP contribution is -2.03. The Labute approximate surface area is 143 Å². The molecule has 0 aliphatic heterocycles. The van der Waals surface area contributed by atoms with Crippen molar-refractivity contribution in [2.75, 3.05) is 6.54 Å². The Kier molecular flexibility index (Phi) is 5.00. The van der Waals surface area contributed by atoms with Gasteiger partial charge < -0.3 is 10.3 Å². The monoisotopic (exact) mass is 324 g/mol. The molecule has 1 heterocycles. The highest BCUT2D eigenvalue weighted by Crippen LogP contribution is 2.30. The number of aryl methyl sites for hydroxylation is 2. The first-order chi connectivity index (χ1) is 11.6. The van der Waals surface area contributed by atoms with Crippen LogP contribution in [0.5, 0.6) is 0 Å². The van der Waals surface area contributed by atoms with Crippen molar-refractivity contribution in [2.24, 2.45) is 5.73 Å². The van der Waals surface area contributed by atoms with Gasteiger partial charge in [-0.3, -0.25) is 0 Å². The minimum absolute atomic E-state index is 0.162. The largest absolute Gasteiger partial charge is 0.345 e. The topological polar surface area (TPSA) is 30.9 Å². The fourth-order valence-corrected chi connectivity index (χ4v) is 3.42. The van der Waals surface area contributed by atoms with Crippen molar-refractivity contribution in [1.82, 2.24) is 4.57 Å². The lowest BCUT2D eigenvalue weighted by Gasteiger charge is -2.11. The van der Waals surface area contributed by atoms with E-state index in [4.69, 9.17) is 5.73 Å². The van der Waals surface area contributed by atoms with Crippen molar-refractivity contribution in [1.29, 1.82) is 0 Å². The summed E-state index contributed by atoms with van der Waals surface area (Å²) in [6, 6.07) is 14.0. The smallest absolute Gasteiger partial charge is 0.125 e. The molecule has 0 saturated heterocycles. The predicted molar refractivity (Wildman–Crippen MR) is 98.9 cm³/mol. The van der Waals surface area contributed by atoms with Crippen LogP contribution in [0.15, 0.2) is 48.7 Å². The summed E-state index contributed by atoms with van der Waals surface area (Å²) < 4.78 is 16.4. The van der Waals surface area contributed by atoms with Crippen LogP contribution >= 0.6 is 0 Å². The Hall–Kier alpha value is -2.13. The maximum atomic E-state index is 14.2. The van der Waals surface area contributed by atoms with Crippen molar-refractivity contribution in [3.8, 4) is 0 Å². The van der Waals surface area contributed by atoms with E-state index >= 15 is 0 Å². The number of fused-ring (bicyclic) bond motifs is 1. The molecule has 2 N–H and O–H groups in total. The van der Waals surface area contributed by atoms with E-state index < -0.39 is 0 Å². The van der Waals surface area contributed by atoms with Crippen LogP contribution in [-0.2, 0) is 19.3 Å². The van der Waals surface area contributed by atoms with Gasteiger partial charge in [-0.25, -0.2) is 4.39 Å². The quantitative estimate of drug-likeness (QED) is 0.703. The Morgan fingerprint density at radius 1 is 1.00 bits per heavy atom. The third kappa shape index (κ3) is 3.36. The van der Waals surface area contributed by atoms with Gasteiger partial charge in [0.15, 0.2) is 0 Å². The summed E-state index contributed by atoms with van der Waals surface area (Å²) in [5.74, 6) is -0.162. The zero-order chi connectivity index (χ0) is 17.1. The fraction of sp³-hybridized carbons (Fsp3) is 0.333. The maximum Gasteiger partial charge on any atom is 0.125 e. The van der Waals surface area contributed by atoms with E-state index in [1.54, 1.807) is 12.1 Å². The fourth-order valence-electron chi connectivity index (χ4n) is 3.42. The van der Waals surface area contributed by atoms with Gasteiger partial charge in [-0.1, -0.05) is 30.3 Å². The van der Waals surface area contributed by atoms with Crippen molar-refractivity contribution in [2.45, 2.75) is 39.2 Å². The zero-order valence-electron chi connectivity index (χ0n) is 14.4. The number of nitrogens with zero attached hydrogens (tertiary/aromatic N) is 1. The van der Waals surface area contributed by atoms with Crippen molar-refractivity contribution in [3.05, 3.63) is 71.2 Å². The first-order valence-electron chi connectivity index (χ1n) is 8.66. The van der Waals surface area contributed by atoms with E-state index in [0.717, 1.165) is 30.3 Å². The normalized spacial score (nSPS) is 11.5. The number of nitrogens with two attached hydrogens (primary N) is 1. The second-order valence-corrected chi connectivity index (χ2v) is 6.64. The van der Waals surface area contributed by atoms with Gasteiger partial charge in [0, 0.05) is 17.6 Å². The van der Waals surface area contributed by atoms with Gasteiger partial charge in [0.05, 0.1) is 5.52 Å². The maximum absolute atomic E-state index is 14.2. The highest BCUT2D eigenvalue weighted by atomic mass is 19.1. The van der Waals surface area contributed by atoms with Gasteiger partial charge in [0.1, 0.15) is 5.82 Å². The zero-order valence-corrected chi connectivity index (χ0v) is 14.4. The summed E-state index contributed by atoms with van der Waals surface area (Å²) in [5.41, 5.74) is 10.4. The van der Waals surface area contributed by atoms with Gasteiger partial charge in [-0.2, -0.15) is 0 Å². The summed E-state index contributed by atoms with van der Waals surface area (Å²) in [4.78, 5) is 0. The molecule has 0 radical (unpaired) electrons. The molecule has 126 valence electrons. The average Bonchev–Trinajstić information content (AvgIpc) is 2.92. The molecule has 0 aliphatic carbocycles. The second-order valence-electron chi connectivity index (χ2n) is 6.64. The van der Waals surface area contributed by atoms with Crippen LogP contribution < -0.4 is 5.73 Å². The van der Waals surface area contributed by atoms with Gasteiger partial charge in [0.2, 0.25) is 0 Å². The molecule has 3 aromatic rings. The van der Waals surface area contributed by atoms with E-state index in [1.807, 2.05) is 18.2 Å². The van der Waals surface area contributed by atoms with Crippen LogP contribution in [0, 0.1) is 5.82 Å². The van der Waals surface area contributed by atoms with Gasteiger partial charge in [-0.15, -0.1) is 0 Å². The summed E-state index contributed by atoms with van der Waals surface area (Å²) >= 11 is 0. The molecule has 0 atom stereocenters. The molecule has 1 aromatic heterocycles. The van der Waals surface area contributed by atoms with Crippen LogP contribution in [0.1, 0.15) is 36.6 Å². The van der Waals surface area contributed by atoms with E-state index in [1.165, 1.54) is 16.5 Å². The summed E-state index contributed by atoms with van der Waals surface area (Å²) in [6.45, 7) is 4.85. The molecular weight excluding hydrogens is 299 g/mol. The van der Waals surface area contributed by atoms with Gasteiger partial charge in [-0.05, 0) is 68.5 Å². The Morgan fingerprint density at radius 3 is 2.42 bits per heavy atom. The van der Waals surface area contributed by atoms with Crippen molar-refractivity contribution >= 4 is 10.9 Å². The van der Waals surface area contributed by atoms with E-state index in [9.17, 15) is 4.39 Å². The van der Waals surface area contributed by atoms with E-state index in [-0.39, 0.29) is 5.82 Å². The highest BCUT2D eigenvalue weighted by Gasteiger charge is 2.15. The lowest BCUT2D eigenvalue weighted by atomic mass is 9.98. The lowest BCUT2D eigenvalue weighted by molar-refractivity contribution is 0.609. The number of aromatic nitrogens is 1. The second kappa shape index (κ2) is 7.18. The Bertz CT molecular complexity index is 819. The van der Waals surface area contributed by atoms with Crippen molar-refractivity contribution < 1.29 is 4.39 Å². The molecule has 0 unspecified atom stereocenters. The molecule has 0 amide bonds. The molecule has 3 rings (SSSR count). The number of hydrogen-bond acceptors (Lipinski definition) is 1. The van der Waals surface area contributed by atoms with Gasteiger partial charge in [0.25, 0.3) is 0 Å². The molecule has 2 nitrogen and oxygen atoms in total. The molecule has 0 fully saturated rings. The number of benzene rings is 2. The molecule has 24 heavy (non-hydrogen) atoms. The minimum Gasteiger partial charge on any atom is -0.345 e. The summed E-state index contributed by atoms with van der Waals surface area (Å²) in [6.07, 6.45) is 4.71. The highest BCUT2D eigenvalue weighted by molar-refractivity contribution is 5.87. The van der Waals surface area contributed by atoms with E-state index in [0.29, 0.717) is 12.6 Å². The van der Waals surface area contributed by atoms with Crippen LogP contribution in [0.3, 0.4) is 0 Å². The molecule has 0 bridgehead atoms. The molecule has 2 aromatic carbocycles.